The summed E-state index contributed by atoms with van der Waals surface area (Å²) in [5, 5.41) is 11.3. The number of rotatable bonds is 7. The summed E-state index contributed by atoms with van der Waals surface area (Å²) in [5.74, 6) is -2.29. The number of hydrogen-bond donors (Lipinski definition) is 3. The van der Waals surface area contributed by atoms with Crippen molar-refractivity contribution in [3.05, 3.63) is 35.9 Å². The molecule has 7 nitrogen and oxygen atoms in total. The normalized spacial score (nSPS) is 14.2. The summed E-state index contributed by atoms with van der Waals surface area (Å²) in [6.45, 7) is 0. The summed E-state index contributed by atoms with van der Waals surface area (Å²) in [5.41, 5.74) is 6.29. The summed E-state index contributed by atoms with van der Waals surface area (Å²) in [6.07, 6.45) is 0.796. The molecule has 0 heterocycles. The van der Waals surface area contributed by atoms with Crippen LogP contribution in [-0.2, 0) is 19.4 Å². The van der Waals surface area contributed by atoms with Gasteiger partial charge in [0.15, 0.2) is 0 Å². The molecule has 0 aromatic heterocycles. The van der Waals surface area contributed by atoms with E-state index in [4.69, 9.17) is 10.8 Å². The van der Waals surface area contributed by atoms with E-state index in [1.54, 1.807) is 30.3 Å². The zero-order valence-electron chi connectivity index (χ0n) is 11.5. The van der Waals surface area contributed by atoms with Gasteiger partial charge < -0.3 is 16.2 Å². The average molecular weight is 314 g/mol. The van der Waals surface area contributed by atoms with Crippen LogP contribution in [-0.4, -0.2) is 43.5 Å². The van der Waals surface area contributed by atoms with E-state index in [-0.39, 0.29) is 12.2 Å². The topological polar surface area (TPSA) is 127 Å². The van der Waals surface area contributed by atoms with Gasteiger partial charge in [-0.15, -0.1) is 0 Å². The maximum atomic E-state index is 11.9. The van der Waals surface area contributed by atoms with Crippen LogP contribution < -0.4 is 11.1 Å². The van der Waals surface area contributed by atoms with Crippen molar-refractivity contribution in [1.29, 1.82) is 0 Å². The van der Waals surface area contributed by atoms with Crippen LogP contribution in [0.25, 0.3) is 0 Å². The van der Waals surface area contributed by atoms with E-state index in [9.17, 15) is 18.0 Å². The van der Waals surface area contributed by atoms with E-state index in [2.05, 4.69) is 5.32 Å². The zero-order valence-corrected chi connectivity index (χ0v) is 12.3. The molecule has 21 heavy (non-hydrogen) atoms. The van der Waals surface area contributed by atoms with E-state index >= 15 is 0 Å². The Morgan fingerprint density at radius 2 is 1.86 bits per heavy atom. The number of sulfone groups is 1. The Kier molecular flexibility index (Phi) is 5.86. The molecule has 0 aliphatic carbocycles. The summed E-state index contributed by atoms with van der Waals surface area (Å²) in [4.78, 5) is 23.0. The Labute approximate surface area is 123 Å². The van der Waals surface area contributed by atoms with Crippen LogP contribution in [0.3, 0.4) is 0 Å². The Bertz CT molecular complexity index is 600. The Balaban J connectivity index is 2.71. The van der Waals surface area contributed by atoms with Gasteiger partial charge in [0.25, 0.3) is 0 Å². The molecule has 116 valence electrons. The van der Waals surface area contributed by atoms with E-state index in [1.165, 1.54) is 0 Å². The molecule has 1 rings (SSSR count). The van der Waals surface area contributed by atoms with Gasteiger partial charge in [-0.3, -0.25) is 4.79 Å². The third-order valence-electron chi connectivity index (χ3n) is 2.83. The van der Waals surface area contributed by atoms with Crippen LogP contribution in [0, 0.1) is 0 Å². The monoisotopic (exact) mass is 314 g/mol. The summed E-state index contributed by atoms with van der Waals surface area (Å²) in [6, 6.07) is 6.18. The first-order valence-electron chi connectivity index (χ1n) is 6.22. The van der Waals surface area contributed by atoms with Gasteiger partial charge >= 0.3 is 5.97 Å². The molecule has 1 amide bonds. The van der Waals surface area contributed by atoms with Gasteiger partial charge in [0.2, 0.25) is 5.91 Å². The number of nitrogens with two attached hydrogens (primary N) is 1. The number of amides is 1. The maximum absolute atomic E-state index is 11.9. The number of carbonyl (C=O) groups is 2. The number of carbonyl (C=O) groups excluding carboxylic acids is 1. The molecule has 1 aromatic rings. The lowest BCUT2D eigenvalue weighted by Gasteiger charge is -2.17. The molecular formula is C13H18N2O5S. The largest absolute Gasteiger partial charge is 0.480 e. The second-order valence-electron chi connectivity index (χ2n) is 4.71. The summed E-state index contributed by atoms with van der Waals surface area (Å²) >= 11 is 0. The Morgan fingerprint density at radius 3 is 2.33 bits per heavy atom. The molecule has 0 saturated carbocycles. The lowest BCUT2D eigenvalue weighted by atomic mass is 10.1. The number of hydrogen-bond acceptors (Lipinski definition) is 5. The average Bonchev–Trinajstić information content (AvgIpc) is 2.42. The molecule has 0 saturated heterocycles. The van der Waals surface area contributed by atoms with Crippen molar-refractivity contribution in [2.24, 2.45) is 5.73 Å². The molecular weight excluding hydrogens is 296 g/mol. The van der Waals surface area contributed by atoms with Gasteiger partial charge in [0, 0.05) is 6.26 Å². The van der Waals surface area contributed by atoms with Gasteiger partial charge in [-0.05, 0) is 12.0 Å². The smallest absolute Gasteiger partial charge is 0.326 e. The van der Waals surface area contributed by atoms with Gasteiger partial charge in [-0.2, -0.15) is 0 Å². The highest BCUT2D eigenvalue weighted by Crippen LogP contribution is 2.10. The van der Waals surface area contributed by atoms with Crippen molar-refractivity contribution in [3.8, 4) is 0 Å². The number of benzene rings is 1. The van der Waals surface area contributed by atoms with Crippen LogP contribution in [0.4, 0.5) is 0 Å². The molecule has 0 spiro atoms. The van der Waals surface area contributed by atoms with Crippen LogP contribution in [0.15, 0.2) is 30.3 Å². The predicted molar refractivity (Wildman–Crippen MR) is 77.3 cm³/mol. The van der Waals surface area contributed by atoms with E-state index in [0.29, 0.717) is 5.56 Å². The number of carboxylic acid groups (broad SMARTS) is 1. The molecule has 0 radical (unpaired) electrons. The number of carboxylic acids is 1. The molecule has 1 aromatic carbocycles. The first-order valence-corrected chi connectivity index (χ1v) is 8.28. The zero-order chi connectivity index (χ0) is 16.0. The Hall–Kier alpha value is -1.93. The third-order valence-corrected chi connectivity index (χ3v) is 3.81. The fourth-order valence-electron chi connectivity index (χ4n) is 1.66. The van der Waals surface area contributed by atoms with E-state index in [0.717, 1.165) is 6.26 Å². The highest BCUT2D eigenvalue weighted by atomic mass is 32.2. The van der Waals surface area contributed by atoms with Gasteiger partial charge in [-0.25, -0.2) is 13.2 Å². The first kappa shape index (κ1) is 17.1. The van der Waals surface area contributed by atoms with Crippen molar-refractivity contribution in [1.82, 2.24) is 5.32 Å². The Morgan fingerprint density at radius 1 is 1.29 bits per heavy atom. The van der Waals surface area contributed by atoms with Crippen molar-refractivity contribution in [2.75, 3.05) is 12.0 Å². The third kappa shape index (κ3) is 5.92. The standard InChI is InChI=1S/C13H18N2O5S/c1-21(19,20)8-7-10(13(17)18)15-12(16)11(14)9-5-3-2-4-6-9/h2-6,10-11H,7-8,14H2,1H3,(H,15,16)(H,17,18). The molecule has 0 bridgehead atoms. The van der Waals surface area contributed by atoms with E-state index < -0.39 is 33.8 Å². The lowest BCUT2D eigenvalue weighted by Crippen LogP contribution is -2.45. The van der Waals surface area contributed by atoms with E-state index in [1.807, 2.05) is 0 Å². The lowest BCUT2D eigenvalue weighted by molar-refractivity contribution is -0.142. The first-order chi connectivity index (χ1) is 9.70. The molecule has 2 unspecified atom stereocenters. The molecule has 0 aliphatic rings. The SMILES string of the molecule is CS(=O)(=O)CCC(NC(=O)C(N)c1ccccc1)C(=O)O. The van der Waals surface area contributed by atoms with Crippen molar-refractivity contribution in [3.63, 3.8) is 0 Å². The minimum absolute atomic E-state index is 0.207. The van der Waals surface area contributed by atoms with Crippen molar-refractivity contribution >= 4 is 21.7 Å². The summed E-state index contributed by atoms with van der Waals surface area (Å²) in [7, 11) is -3.31. The maximum Gasteiger partial charge on any atom is 0.326 e. The van der Waals surface area contributed by atoms with Crippen LogP contribution in [0.5, 0.6) is 0 Å². The second-order valence-corrected chi connectivity index (χ2v) is 6.97. The number of nitrogens with one attached hydrogen (secondary N) is 1. The predicted octanol–water partition coefficient (Wildman–Crippen LogP) is -0.309. The fourth-order valence-corrected chi connectivity index (χ4v) is 2.33. The molecule has 0 fully saturated rings. The highest BCUT2D eigenvalue weighted by Gasteiger charge is 2.25. The van der Waals surface area contributed by atoms with Crippen LogP contribution in [0.2, 0.25) is 0 Å². The van der Waals surface area contributed by atoms with Crippen molar-refractivity contribution in [2.45, 2.75) is 18.5 Å². The fraction of sp³-hybridized carbons (Fsp3) is 0.385. The second kappa shape index (κ2) is 7.19. The minimum Gasteiger partial charge on any atom is -0.480 e. The van der Waals surface area contributed by atoms with Crippen molar-refractivity contribution < 1.29 is 23.1 Å². The van der Waals surface area contributed by atoms with Crippen LogP contribution >= 0.6 is 0 Å². The van der Waals surface area contributed by atoms with Gasteiger partial charge in [0.1, 0.15) is 21.9 Å². The van der Waals surface area contributed by atoms with Crippen LogP contribution in [0.1, 0.15) is 18.0 Å². The number of aliphatic carboxylic acids is 1. The molecule has 4 N–H and O–H groups in total. The molecule has 2 atom stereocenters. The van der Waals surface area contributed by atoms with Gasteiger partial charge in [-0.1, -0.05) is 30.3 Å². The molecule has 0 aliphatic heterocycles. The summed E-state index contributed by atoms with van der Waals surface area (Å²) < 4.78 is 22.1. The van der Waals surface area contributed by atoms with Gasteiger partial charge in [0.05, 0.1) is 5.75 Å². The molecule has 8 heteroatoms. The minimum atomic E-state index is -3.31. The highest BCUT2D eigenvalue weighted by molar-refractivity contribution is 7.90. The quantitative estimate of drug-likeness (QED) is 0.633.